The summed E-state index contributed by atoms with van der Waals surface area (Å²) in [5.41, 5.74) is 0.471. The highest BCUT2D eigenvalue weighted by Crippen LogP contribution is 2.37. The Morgan fingerprint density at radius 2 is 1.47 bits per heavy atom. The van der Waals surface area contributed by atoms with Gasteiger partial charge in [0.15, 0.2) is 11.6 Å². The van der Waals surface area contributed by atoms with Gasteiger partial charge < -0.3 is 0 Å². The molecule has 0 aliphatic rings. The largest absolute Gasteiger partial charge is 0.207 e. The number of benzene rings is 2. The van der Waals surface area contributed by atoms with E-state index in [4.69, 9.17) is 23.2 Å². The Balaban J connectivity index is 2.49. The number of rotatable bonds is 2. The van der Waals surface area contributed by atoms with E-state index in [-0.39, 0.29) is 21.2 Å². The summed E-state index contributed by atoms with van der Waals surface area (Å²) >= 11 is 14.7. The molecule has 2 rings (SSSR count). The summed E-state index contributed by atoms with van der Waals surface area (Å²) in [6, 6.07) is 5.88. The van der Waals surface area contributed by atoms with Crippen molar-refractivity contribution in [1.29, 1.82) is 0 Å². The monoisotopic (exact) mass is 368 g/mol. The van der Waals surface area contributed by atoms with Crippen molar-refractivity contribution < 1.29 is 13.2 Å². The van der Waals surface area contributed by atoms with Gasteiger partial charge in [0.1, 0.15) is 5.82 Å². The van der Waals surface area contributed by atoms with Gasteiger partial charge in [0.25, 0.3) is 0 Å². The lowest BCUT2D eigenvalue weighted by atomic mass is 10.0. The van der Waals surface area contributed by atoms with E-state index in [1.165, 1.54) is 12.1 Å². The van der Waals surface area contributed by atoms with Crippen molar-refractivity contribution in [2.24, 2.45) is 0 Å². The third-order valence-electron chi connectivity index (χ3n) is 2.55. The first-order valence-corrected chi connectivity index (χ1v) is 6.80. The summed E-state index contributed by atoms with van der Waals surface area (Å²) in [4.78, 5) is -0.702. The molecule has 2 aromatic carbocycles. The highest BCUT2D eigenvalue weighted by molar-refractivity contribution is 9.09. The van der Waals surface area contributed by atoms with Crippen molar-refractivity contribution in [2.45, 2.75) is 4.83 Å². The molecule has 0 fully saturated rings. The topological polar surface area (TPSA) is 0 Å². The zero-order chi connectivity index (χ0) is 14.2. The molecule has 0 amide bonds. The minimum Gasteiger partial charge on any atom is -0.207 e. The maximum absolute atomic E-state index is 13.8. The Labute approximate surface area is 126 Å². The van der Waals surface area contributed by atoms with Crippen LogP contribution in [0.3, 0.4) is 0 Å². The lowest BCUT2D eigenvalue weighted by Crippen LogP contribution is -1.99. The van der Waals surface area contributed by atoms with E-state index in [0.29, 0.717) is 0 Å². The van der Waals surface area contributed by atoms with Crippen LogP contribution in [0.4, 0.5) is 13.2 Å². The Morgan fingerprint density at radius 3 is 2.11 bits per heavy atom. The van der Waals surface area contributed by atoms with Gasteiger partial charge in [-0.3, -0.25) is 0 Å². The zero-order valence-corrected chi connectivity index (χ0v) is 12.3. The van der Waals surface area contributed by atoms with Crippen molar-refractivity contribution in [1.82, 2.24) is 0 Å². The van der Waals surface area contributed by atoms with Crippen LogP contribution >= 0.6 is 39.1 Å². The molecule has 0 saturated heterocycles. The van der Waals surface area contributed by atoms with E-state index in [0.717, 1.165) is 18.2 Å². The van der Waals surface area contributed by atoms with Crippen molar-refractivity contribution in [3.8, 4) is 0 Å². The Morgan fingerprint density at radius 1 is 0.842 bits per heavy atom. The van der Waals surface area contributed by atoms with Gasteiger partial charge >= 0.3 is 0 Å². The molecular formula is C13H6BrCl2F3. The predicted octanol–water partition coefficient (Wildman–Crippen LogP) is 5.90. The quantitative estimate of drug-likeness (QED) is 0.457. The molecule has 19 heavy (non-hydrogen) atoms. The van der Waals surface area contributed by atoms with Gasteiger partial charge in [-0.2, -0.15) is 0 Å². The molecule has 0 aromatic heterocycles. The predicted molar refractivity (Wildman–Crippen MR) is 73.5 cm³/mol. The van der Waals surface area contributed by atoms with Crippen LogP contribution in [0, 0.1) is 17.5 Å². The summed E-state index contributed by atoms with van der Waals surface area (Å²) in [5, 5.41) is 0.257. The van der Waals surface area contributed by atoms with Crippen LogP contribution in [0.1, 0.15) is 16.0 Å². The summed E-state index contributed by atoms with van der Waals surface area (Å²) in [6.45, 7) is 0. The van der Waals surface area contributed by atoms with Crippen molar-refractivity contribution in [3.05, 3.63) is 69.0 Å². The maximum atomic E-state index is 13.8. The van der Waals surface area contributed by atoms with Crippen molar-refractivity contribution >= 4 is 39.1 Å². The van der Waals surface area contributed by atoms with Gasteiger partial charge in [0, 0.05) is 15.6 Å². The molecule has 0 nitrogen and oxygen atoms in total. The first-order valence-electron chi connectivity index (χ1n) is 5.13. The standard InChI is InChI=1S/C13H6BrCl2F3/c14-13(7-2-1-6(15)3-10(7)17)8-4-11(18)12(19)5-9(8)16/h1-5,13H. The molecule has 0 heterocycles. The second-order valence-corrected chi connectivity index (χ2v) is 5.58. The lowest BCUT2D eigenvalue weighted by molar-refractivity contribution is 0.507. The average Bonchev–Trinajstić information content (AvgIpc) is 2.33. The summed E-state index contributed by atoms with van der Waals surface area (Å²) in [6.07, 6.45) is 0. The number of halogens is 6. The first kappa shape index (κ1) is 14.7. The molecule has 6 heteroatoms. The molecule has 0 saturated carbocycles. The molecule has 0 radical (unpaired) electrons. The number of alkyl halides is 1. The molecule has 1 unspecified atom stereocenters. The van der Waals surface area contributed by atoms with Crippen LogP contribution in [0.15, 0.2) is 30.3 Å². The van der Waals surface area contributed by atoms with E-state index >= 15 is 0 Å². The number of hydrogen-bond donors (Lipinski definition) is 0. The third kappa shape index (κ3) is 3.07. The van der Waals surface area contributed by atoms with Gasteiger partial charge in [-0.15, -0.1) is 0 Å². The summed E-state index contributed by atoms with van der Waals surface area (Å²) in [5.74, 6) is -2.65. The zero-order valence-electron chi connectivity index (χ0n) is 9.23. The molecule has 0 aliphatic heterocycles. The number of hydrogen-bond acceptors (Lipinski definition) is 0. The normalized spacial score (nSPS) is 12.5. The SMILES string of the molecule is Fc1cc(Cl)c(C(Br)c2ccc(Cl)cc2F)cc1F. The van der Waals surface area contributed by atoms with Crippen LogP contribution in [0.25, 0.3) is 0 Å². The van der Waals surface area contributed by atoms with E-state index in [2.05, 4.69) is 15.9 Å². The summed E-state index contributed by atoms with van der Waals surface area (Å²) < 4.78 is 40.0. The highest BCUT2D eigenvalue weighted by Gasteiger charge is 2.20. The maximum Gasteiger partial charge on any atom is 0.160 e. The van der Waals surface area contributed by atoms with Crippen molar-refractivity contribution in [2.75, 3.05) is 0 Å². The van der Waals surface area contributed by atoms with Crippen LogP contribution in [-0.4, -0.2) is 0 Å². The Kier molecular flexibility index (Phi) is 4.43. The van der Waals surface area contributed by atoms with Gasteiger partial charge in [-0.1, -0.05) is 45.2 Å². The average molecular weight is 370 g/mol. The molecule has 2 aromatic rings. The van der Waals surface area contributed by atoms with Gasteiger partial charge in [-0.05, 0) is 29.8 Å². The molecule has 100 valence electrons. The van der Waals surface area contributed by atoms with Gasteiger partial charge in [0.2, 0.25) is 0 Å². The smallest absolute Gasteiger partial charge is 0.160 e. The summed E-state index contributed by atoms with van der Waals surface area (Å²) in [7, 11) is 0. The molecule has 0 N–H and O–H groups in total. The minimum absolute atomic E-state index is 0.00938. The minimum atomic E-state index is -1.05. The molecular weight excluding hydrogens is 364 g/mol. The highest BCUT2D eigenvalue weighted by atomic mass is 79.9. The van der Waals surface area contributed by atoms with Gasteiger partial charge in [-0.25, -0.2) is 13.2 Å². The first-order chi connectivity index (χ1) is 8.90. The third-order valence-corrected chi connectivity index (χ3v) is 4.10. The molecule has 0 bridgehead atoms. The van der Waals surface area contributed by atoms with E-state index in [9.17, 15) is 13.2 Å². The second kappa shape index (κ2) is 5.73. The molecule has 0 spiro atoms. The second-order valence-electron chi connectivity index (χ2n) is 3.82. The van der Waals surface area contributed by atoms with Crippen LogP contribution in [0.5, 0.6) is 0 Å². The van der Waals surface area contributed by atoms with Crippen LogP contribution in [-0.2, 0) is 0 Å². The van der Waals surface area contributed by atoms with Gasteiger partial charge in [0.05, 0.1) is 4.83 Å². The Bertz CT molecular complexity index is 632. The van der Waals surface area contributed by atoms with Crippen LogP contribution < -0.4 is 0 Å². The molecule has 0 aliphatic carbocycles. The fourth-order valence-electron chi connectivity index (χ4n) is 1.61. The fraction of sp³-hybridized carbons (Fsp3) is 0.0769. The lowest BCUT2D eigenvalue weighted by Gasteiger charge is -2.14. The molecule has 1 atom stereocenters. The van der Waals surface area contributed by atoms with Crippen molar-refractivity contribution in [3.63, 3.8) is 0 Å². The fourth-order valence-corrected chi connectivity index (χ4v) is 2.91. The van der Waals surface area contributed by atoms with E-state index in [1.807, 2.05) is 0 Å². The Hall–Kier alpha value is -0.710. The van der Waals surface area contributed by atoms with E-state index < -0.39 is 22.3 Å². The van der Waals surface area contributed by atoms with E-state index in [1.54, 1.807) is 0 Å². The van der Waals surface area contributed by atoms with Crippen LogP contribution in [0.2, 0.25) is 10.0 Å².